The Morgan fingerprint density at radius 2 is 2.29 bits per heavy atom. The highest BCUT2D eigenvalue weighted by molar-refractivity contribution is 5.78. The molecule has 4 heteroatoms. The van der Waals surface area contributed by atoms with Crippen molar-refractivity contribution in [2.45, 2.75) is 57.5 Å². The molecule has 1 saturated heterocycles. The first-order valence-electron chi connectivity index (χ1n) is 6.70. The van der Waals surface area contributed by atoms with E-state index in [1.807, 2.05) is 0 Å². The fraction of sp³-hybridized carbons (Fsp3) is 0.923. The molecule has 0 aromatic rings. The zero-order valence-electron chi connectivity index (χ0n) is 11.3. The van der Waals surface area contributed by atoms with Crippen LogP contribution in [0.5, 0.6) is 0 Å². The van der Waals surface area contributed by atoms with Gasteiger partial charge in [-0.2, -0.15) is 0 Å². The molecular formula is C13H26N2O2. The molecule has 1 aliphatic rings. The summed E-state index contributed by atoms with van der Waals surface area (Å²) in [4.78, 5) is 13.6. The molecule has 1 aliphatic heterocycles. The summed E-state index contributed by atoms with van der Waals surface area (Å²) in [7, 11) is 1.72. The third-order valence-electron chi connectivity index (χ3n) is 4.12. The number of nitrogens with zero attached hydrogens (tertiary/aromatic N) is 1. The van der Waals surface area contributed by atoms with Crippen LogP contribution in [0.2, 0.25) is 0 Å². The molecule has 100 valence electrons. The van der Waals surface area contributed by atoms with Crippen molar-refractivity contribution in [3.63, 3.8) is 0 Å². The Labute approximate surface area is 104 Å². The van der Waals surface area contributed by atoms with Crippen LogP contribution in [0.4, 0.5) is 0 Å². The molecule has 17 heavy (non-hydrogen) atoms. The number of hydrogen-bond acceptors (Lipinski definition) is 3. The number of rotatable bonds is 7. The number of carboxylic acid groups (broad SMARTS) is 1. The molecule has 0 aliphatic carbocycles. The van der Waals surface area contributed by atoms with Gasteiger partial charge in [0.15, 0.2) is 0 Å². The molecule has 0 radical (unpaired) electrons. The van der Waals surface area contributed by atoms with Crippen molar-refractivity contribution in [2.75, 3.05) is 20.1 Å². The molecule has 0 spiro atoms. The highest BCUT2D eigenvalue weighted by Gasteiger charge is 2.31. The van der Waals surface area contributed by atoms with E-state index < -0.39 is 11.5 Å². The van der Waals surface area contributed by atoms with E-state index in [0.29, 0.717) is 6.42 Å². The van der Waals surface area contributed by atoms with Crippen molar-refractivity contribution >= 4 is 5.97 Å². The highest BCUT2D eigenvalue weighted by Crippen LogP contribution is 2.21. The van der Waals surface area contributed by atoms with Gasteiger partial charge in [0.2, 0.25) is 0 Å². The smallest absolute Gasteiger partial charge is 0.323 e. The highest BCUT2D eigenvalue weighted by atomic mass is 16.4. The first-order valence-corrected chi connectivity index (χ1v) is 6.70. The first-order chi connectivity index (χ1) is 8.03. The van der Waals surface area contributed by atoms with Crippen molar-refractivity contribution in [1.29, 1.82) is 0 Å². The van der Waals surface area contributed by atoms with E-state index in [-0.39, 0.29) is 0 Å². The Kier molecular flexibility index (Phi) is 5.40. The van der Waals surface area contributed by atoms with Crippen LogP contribution in [0.1, 0.15) is 46.0 Å². The van der Waals surface area contributed by atoms with Crippen molar-refractivity contribution < 1.29 is 9.90 Å². The van der Waals surface area contributed by atoms with Crippen LogP contribution in [0, 0.1) is 0 Å². The summed E-state index contributed by atoms with van der Waals surface area (Å²) in [5.41, 5.74) is -0.776. The second kappa shape index (κ2) is 6.36. The summed E-state index contributed by atoms with van der Waals surface area (Å²) in [5, 5.41) is 12.1. The molecule has 0 bridgehead atoms. The maximum Gasteiger partial charge on any atom is 0.323 e. The third kappa shape index (κ3) is 3.68. The Morgan fingerprint density at radius 3 is 2.82 bits per heavy atom. The molecule has 0 amide bonds. The van der Waals surface area contributed by atoms with Crippen LogP contribution in [-0.2, 0) is 4.79 Å². The van der Waals surface area contributed by atoms with Gasteiger partial charge in [-0.05, 0) is 59.2 Å². The lowest BCUT2D eigenvalue weighted by Crippen LogP contribution is -2.48. The van der Waals surface area contributed by atoms with Crippen LogP contribution >= 0.6 is 0 Å². The standard InChI is InChI=1S/C13H26N2O2/c1-4-11-7-5-9-15(11)10-6-8-13(2,14-3)12(16)17/h11,14H,4-10H2,1-3H3,(H,16,17). The summed E-state index contributed by atoms with van der Waals surface area (Å²) in [5.74, 6) is -0.756. The number of carboxylic acids is 1. The Morgan fingerprint density at radius 1 is 1.59 bits per heavy atom. The molecule has 2 N–H and O–H groups in total. The molecule has 2 unspecified atom stereocenters. The van der Waals surface area contributed by atoms with E-state index in [0.717, 1.165) is 19.0 Å². The van der Waals surface area contributed by atoms with Gasteiger partial charge < -0.3 is 15.3 Å². The monoisotopic (exact) mass is 242 g/mol. The minimum atomic E-state index is -0.776. The van der Waals surface area contributed by atoms with Crippen molar-refractivity contribution in [3.05, 3.63) is 0 Å². The fourth-order valence-electron chi connectivity index (χ4n) is 2.63. The molecule has 0 saturated carbocycles. The lowest BCUT2D eigenvalue weighted by molar-refractivity contribution is -0.144. The molecule has 1 rings (SSSR count). The maximum atomic E-state index is 11.1. The van der Waals surface area contributed by atoms with E-state index in [1.165, 1.54) is 25.8 Å². The van der Waals surface area contributed by atoms with Crippen molar-refractivity contribution in [3.8, 4) is 0 Å². The van der Waals surface area contributed by atoms with Gasteiger partial charge in [-0.3, -0.25) is 4.79 Å². The lowest BCUT2D eigenvalue weighted by Gasteiger charge is -2.27. The average Bonchev–Trinajstić information content (AvgIpc) is 2.76. The van der Waals surface area contributed by atoms with Crippen LogP contribution in [0.15, 0.2) is 0 Å². The molecule has 0 aromatic carbocycles. The van der Waals surface area contributed by atoms with Gasteiger partial charge in [0, 0.05) is 6.04 Å². The third-order valence-corrected chi connectivity index (χ3v) is 4.12. The number of hydrogen-bond donors (Lipinski definition) is 2. The second-order valence-corrected chi connectivity index (χ2v) is 5.23. The van der Waals surface area contributed by atoms with Gasteiger partial charge in [-0.15, -0.1) is 0 Å². The topological polar surface area (TPSA) is 52.6 Å². The number of aliphatic carboxylic acids is 1. The van der Waals surface area contributed by atoms with Crippen LogP contribution in [-0.4, -0.2) is 47.7 Å². The zero-order chi connectivity index (χ0) is 12.9. The predicted molar refractivity (Wildman–Crippen MR) is 69.2 cm³/mol. The largest absolute Gasteiger partial charge is 0.480 e. The maximum absolute atomic E-state index is 11.1. The molecule has 0 aromatic heterocycles. The predicted octanol–water partition coefficient (Wildman–Crippen LogP) is 1.70. The number of likely N-dealkylation sites (N-methyl/N-ethyl adjacent to an activating group) is 1. The minimum absolute atomic E-state index is 0.686. The Hall–Kier alpha value is -0.610. The van der Waals surface area contributed by atoms with Gasteiger partial charge in [0.05, 0.1) is 0 Å². The second-order valence-electron chi connectivity index (χ2n) is 5.23. The fourth-order valence-corrected chi connectivity index (χ4v) is 2.63. The van der Waals surface area contributed by atoms with Gasteiger partial charge >= 0.3 is 5.97 Å². The van der Waals surface area contributed by atoms with Crippen LogP contribution < -0.4 is 5.32 Å². The Balaban J connectivity index is 2.34. The molecule has 2 atom stereocenters. The Bertz CT molecular complexity index is 258. The molecule has 4 nitrogen and oxygen atoms in total. The van der Waals surface area contributed by atoms with Gasteiger partial charge in [-0.1, -0.05) is 6.92 Å². The van der Waals surface area contributed by atoms with E-state index in [1.54, 1.807) is 14.0 Å². The summed E-state index contributed by atoms with van der Waals surface area (Å²) in [6, 6.07) is 0.723. The average molecular weight is 242 g/mol. The molecule has 1 fully saturated rings. The number of likely N-dealkylation sites (tertiary alicyclic amines) is 1. The summed E-state index contributed by atoms with van der Waals surface area (Å²) in [6.45, 7) is 6.21. The molecular weight excluding hydrogens is 216 g/mol. The van der Waals surface area contributed by atoms with Crippen molar-refractivity contribution in [2.24, 2.45) is 0 Å². The van der Waals surface area contributed by atoms with Gasteiger partial charge in [0.1, 0.15) is 5.54 Å². The SMILES string of the molecule is CCC1CCCN1CCCC(C)(NC)C(=O)O. The lowest BCUT2D eigenvalue weighted by atomic mass is 9.96. The number of nitrogens with one attached hydrogen (secondary N) is 1. The normalized spacial score (nSPS) is 24.8. The summed E-state index contributed by atoms with van der Waals surface area (Å²) < 4.78 is 0. The zero-order valence-corrected chi connectivity index (χ0v) is 11.3. The summed E-state index contributed by atoms with van der Waals surface area (Å²) >= 11 is 0. The van der Waals surface area contributed by atoms with Crippen LogP contribution in [0.25, 0.3) is 0 Å². The van der Waals surface area contributed by atoms with Crippen LogP contribution in [0.3, 0.4) is 0 Å². The van der Waals surface area contributed by atoms with Gasteiger partial charge in [-0.25, -0.2) is 0 Å². The van der Waals surface area contributed by atoms with E-state index in [2.05, 4.69) is 17.1 Å². The van der Waals surface area contributed by atoms with Crippen molar-refractivity contribution in [1.82, 2.24) is 10.2 Å². The first kappa shape index (κ1) is 14.5. The summed E-state index contributed by atoms with van der Waals surface area (Å²) in [6.07, 6.45) is 5.44. The van der Waals surface area contributed by atoms with E-state index in [4.69, 9.17) is 5.11 Å². The van der Waals surface area contributed by atoms with Gasteiger partial charge in [0.25, 0.3) is 0 Å². The molecule has 1 heterocycles. The quantitative estimate of drug-likeness (QED) is 0.713. The minimum Gasteiger partial charge on any atom is -0.480 e. The van der Waals surface area contributed by atoms with E-state index >= 15 is 0 Å². The van der Waals surface area contributed by atoms with E-state index in [9.17, 15) is 4.79 Å². The number of carbonyl (C=O) groups is 1.